The first-order valence-corrected chi connectivity index (χ1v) is 7.84. The van der Waals surface area contributed by atoms with Crippen LogP contribution in [0, 0.1) is 10.1 Å². The minimum atomic E-state index is -0.429. The number of piperidine rings is 1. The number of nitro benzene ring substituents is 1. The van der Waals surface area contributed by atoms with E-state index in [2.05, 4.69) is 10.4 Å². The van der Waals surface area contributed by atoms with Crippen molar-refractivity contribution >= 4 is 17.3 Å². The Labute approximate surface area is 139 Å². The van der Waals surface area contributed by atoms with Crippen molar-refractivity contribution in [3.63, 3.8) is 0 Å². The molecule has 1 aliphatic heterocycles. The van der Waals surface area contributed by atoms with Crippen LogP contribution in [0.15, 0.2) is 36.7 Å². The number of carbonyl (C=O) groups excluding carboxylic acids is 1. The maximum atomic E-state index is 11.7. The molecule has 126 valence electrons. The zero-order valence-corrected chi connectivity index (χ0v) is 13.4. The monoisotopic (exact) mass is 329 g/mol. The van der Waals surface area contributed by atoms with Crippen LogP contribution in [-0.2, 0) is 0 Å². The van der Waals surface area contributed by atoms with Gasteiger partial charge >= 0.3 is 0 Å². The van der Waals surface area contributed by atoms with Crippen LogP contribution in [-0.4, -0.2) is 40.7 Å². The third kappa shape index (κ3) is 3.08. The number of anilines is 1. The molecule has 0 aliphatic carbocycles. The molecule has 1 aromatic carbocycles. The maximum Gasteiger partial charge on any atom is 0.293 e. The summed E-state index contributed by atoms with van der Waals surface area (Å²) in [5.41, 5.74) is 0.819. The summed E-state index contributed by atoms with van der Waals surface area (Å²) in [6, 6.07) is 6.85. The number of benzene rings is 1. The van der Waals surface area contributed by atoms with Crippen LogP contribution in [0.3, 0.4) is 0 Å². The topological polar surface area (TPSA) is 93.3 Å². The number of rotatable bonds is 4. The highest BCUT2D eigenvalue weighted by molar-refractivity contribution is 5.95. The Kier molecular flexibility index (Phi) is 4.45. The summed E-state index contributed by atoms with van der Waals surface area (Å²) in [5.74, 6) is -0.331. The van der Waals surface area contributed by atoms with Crippen LogP contribution in [0.2, 0.25) is 0 Å². The number of nitrogens with zero attached hydrogens (tertiary/aromatic N) is 4. The van der Waals surface area contributed by atoms with E-state index in [1.165, 1.54) is 13.1 Å². The molecule has 2 aromatic rings. The van der Waals surface area contributed by atoms with Crippen molar-refractivity contribution in [1.29, 1.82) is 0 Å². The molecule has 0 unspecified atom stereocenters. The molecular formula is C16H19N5O3. The van der Waals surface area contributed by atoms with E-state index in [9.17, 15) is 14.9 Å². The zero-order chi connectivity index (χ0) is 17.1. The van der Waals surface area contributed by atoms with E-state index in [1.807, 2.05) is 21.8 Å². The van der Waals surface area contributed by atoms with Gasteiger partial charge in [-0.05, 0) is 31.0 Å². The van der Waals surface area contributed by atoms with E-state index in [4.69, 9.17) is 0 Å². The van der Waals surface area contributed by atoms with Gasteiger partial charge in [0.25, 0.3) is 11.6 Å². The molecule has 3 rings (SSSR count). The Morgan fingerprint density at radius 2 is 2.12 bits per heavy atom. The fraction of sp³-hybridized carbons (Fsp3) is 0.375. The molecule has 0 atom stereocenters. The summed E-state index contributed by atoms with van der Waals surface area (Å²) in [6.45, 7) is 1.43. The lowest BCUT2D eigenvalue weighted by molar-refractivity contribution is -0.384. The fourth-order valence-corrected chi connectivity index (χ4v) is 3.09. The van der Waals surface area contributed by atoms with Crippen LogP contribution in [0.4, 0.5) is 11.4 Å². The maximum absolute atomic E-state index is 11.7. The van der Waals surface area contributed by atoms with Crippen molar-refractivity contribution in [3.8, 4) is 0 Å². The van der Waals surface area contributed by atoms with Crippen LogP contribution in [0.5, 0.6) is 0 Å². The normalized spacial score (nSPS) is 15.3. The summed E-state index contributed by atoms with van der Waals surface area (Å²) in [4.78, 5) is 24.7. The Balaban J connectivity index is 1.79. The largest absolute Gasteiger partial charge is 0.366 e. The molecule has 8 nitrogen and oxygen atoms in total. The van der Waals surface area contributed by atoms with Gasteiger partial charge in [0.1, 0.15) is 5.69 Å². The molecule has 1 fully saturated rings. The standard InChI is InChI=1S/C16H19N5O3/c1-17-16(22)12-3-4-14(15(11-12)21(23)24)19-9-5-13(6-10-19)20-8-2-7-18-20/h2-4,7-8,11,13H,5-6,9-10H2,1H3,(H,17,22). The van der Waals surface area contributed by atoms with Crippen LogP contribution in [0.1, 0.15) is 29.2 Å². The predicted molar refractivity (Wildman–Crippen MR) is 89.2 cm³/mol. The molecule has 1 saturated heterocycles. The number of nitrogens with one attached hydrogen (secondary N) is 1. The van der Waals surface area contributed by atoms with Gasteiger partial charge in [0.15, 0.2) is 0 Å². The molecule has 1 N–H and O–H groups in total. The molecule has 0 saturated carbocycles. The summed E-state index contributed by atoms with van der Waals surface area (Å²) >= 11 is 0. The molecule has 1 aliphatic rings. The smallest absolute Gasteiger partial charge is 0.293 e. The van der Waals surface area contributed by atoms with E-state index in [-0.39, 0.29) is 11.6 Å². The van der Waals surface area contributed by atoms with E-state index in [1.54, 1.807) is 18.3 Å². The average molecular weight is 329 g/mol. The second kappa shape index (κ2) is 6.69. The lowest BCUT2D eigenvalue weighted by atomic mass is 10.0. The number of nitro groups is 1. The fourth-order valence-electron chi connectivity index (χ4n) is 3.09. The van der Waals surface area contributed by atoms with Crippen LogP contribution in [0.25, 0.3) is 0 Å². The van der Waals surface area contributed by atoms with Crippen molar-refractivity contribution in [1.82, 2.24) is 15.1 Å². The SMILES string of the molecule is CNC(=O)c1ccc(N2CCC(n3cccn3)CC2)c([N+](=O)[O-])c1. The van der Waals surface area contributed by atoms with E-state index in [0.29, 0.717) is 30.4 Å². The van der Waals surface area contributed by atoms with Crippen molar-refractivity contribution in [2.24, 2.45) is 0 Å². The summed E-state index contributed by atoms with van der Waals surface area (Å²) in [6.07, 6.45) is 5.45. The van der Waals surface area contributed by atoms with Crippen LogP contribution < -0.4 is 10.2 Å². The molecule has 0 spiro atoms. The summed E-state index contributed by atoms with van der Waals surface area (Å²) < 4.78 is 1.94. The van der Waals surface area contributed by atoms with E-state index < -0.39 is 4.92 Å². The molecule has 1 amide bonds. The lowest BCUT2D eigenvalue weighted by Crippen LogP contribution is -2.35. The highest BCUT2D eigenvalue weighted by atomic mass is 16.6. The van der Waals surface area contributed by atoms with Gasteiger partial charge in [0, 0.05) is 44.2 Å². The number of hydrogen-bond acceptors (Lipinski definition) is 5. The molecular weight excluding hydrogens is 310 g/mol. The second-order valence-corrected chi connectivity index (χ2v) is 5.74. The summed E-state index contributed by atoms with van der Waals surface area (Å²) in [7, 11) is 1.50. The van der Waals surface area contributed by atoms with Gasteiger partial charge in [-0.3, -0.25) is 19.6 Å². The van der Waals surface area contributed by atoms with Crippen molar-refractivity contribution in [3.05, 3.63) is 52.3 Å². The first kappa shape index (κ1) is 16.0. The average Bonchev–Trinajstić information content (AvgIpc) is 3.15. The van der Waals surface area contributed by atoms with Gasteiger partial charge in [-0.15, -0.1) is 0 Å². The number of amides is 1. The molecule has 2 heterocycles. The van der Waals surface area contributed by atoms with Gasteiger partial charge in [-0.1, -0.05) is 0 Å². The van der Waals surface area contributed by atoms with Gasteiger partial charge in [-0.2, -0.15) is 5.10 Å². The minimum Gasteiger partial charge on any atom is -0.366 e. The third-order valence-corrected chi connectivity index (χ3v) is 4.37. The Bertz CT molecular complexity index is 736. The Hall–Kier alpha value is -2.90. The van der Waals surface area contributed by atoms with Gasteiger partial charge in [0.05, 0.1) is 11.0 Å². The molecule has 24 heavy (non-hydrogen) atoms. The van der Waals surface area contributed by atoms with Crippen molar-refractivity contribution in [2.75, 3.05) is 25.0 Å². The van der Waals surface area contributed by atoms with Gasteiger partial charge in [0.2, 0.25) is 0 Å². The number of hydrogen-bond donors (Lipinski definition) is 1. The predicted octanol–water partition coefficient (Wildman–Crippen LogP) is 1.99. The van der Waals surface area contributed by atoms with E-state index in [0.717, 1.165) is 12.8 Å². The quantitative estimate of drug-likeness (QED) is 0.684. The first-order valence-electron chi connectivity index (χ1n) is 7.84. The second-order valence-electron chi connectivity index (χ2n) is 5.74. The Morgan fingerprint density at radius 1 is 1.38 bits per heavy atom. The third-order valence-electron chi connectivity index (χ3n) is 4.37. The first-order chi connectivity index (χ1) is 11.6. The van der Waals surface area contributed by atoms with Crippen molar-refractivity contribution < 1.29 is 9.72 Å². The van der Waals surface area contributed by atoms with Gasteiger partial charge in [-0.25, -0.2) is 0 Å². The zero-order valence-electron chi connectivity index (χ0n) is 13.4. The molecule has 8 heteroatoms. The molecule has 0 bridgehead atoms. The number of aromatic nitrogens is 2. The minimum absolute atomic E-state index is 0.0337. The number of carbonyl (C=O) groups is 1. The van der Waals surface area contributed by atoms with Crippen molar-refractivity contribution in [2.45, 2.75) is 18.9 Å². The molecule has 1 aromatic heterocycles. The highest BCUT2D eigenvalue weighted by Gasteiger charge is 2.26. The van der Waals surface area contributed by atoms with Gasteiger partial charge < -0.3 is 10.2 Å². The van der Waals surface area contributed by atoms with E-state index >= 15 is 0 Å². The highest BCUT2D eigenvalue weighted by Crippen LogP contribution is 2.33. The molecule has 0 radical (unpaired) electrons. The Morgan fingerprint density at radius 3 is 2.71 bits per heavy atom. The summed E-state index contributed by atoms with van der Waals surface area (Å²) in [5, 5.41) is 18.2. The van der Waals surface area contributed by atoms with Crippen LogP contribution >= 0.6 is 0 Å². The lowest BCUT2D eigenvalue weighted by Gasteiger charge is -2.33.